The van der Waals surface area contributed by atoms with Crippen molar-refractivity contribution in [3.63, 3.8) is 0 Å². The molecule has 0 aliphatic rings. The van der Waals surface area contributed by atoms with Crippen LogP contribution in [0.2, 0.25) is 0 Å². The van der Waals surface area contributed by atoms with Gasteiger partial charge in [0.05, 0.1) is 25.4 Å². The third-order valence-corrected chi connectivity index (χ3v) is 4.41. The zero-order valence-corrected chi connectivity index (χ0v) is 14.6. The number of benzene rings is 1. The highest BCUT2D eigenvalue weighted by molar-refractivity contribution is 5.93. The van der Waals surface area contributed by atoms with E-state index in [-0.39, 0.29) is 11.4 Å². The Balaban J connectivity index is 1.95. The van der Waals surface area contributed by atoms with E-state index in [1.165, 1.54) is 0 Å². The van der Waals surface area contributed by atoms with E-state index in [9.17, 15) is 4.79 Å². The molecule has 0 unspecified atom stereocenters. The predicted octanol–water partition coefficient (Wildman–Crippen LogP) is 2.19. The summed E-state index contributed by atoms with van der Waals surface area (Å²) in [6, 6.07) is 7.77. The quantitative estimate of drug-likeness (QED) is 0.777. The molecule has 0 bridgehead atoms. The van der Waals surface area contributed by atoms with E-state index in [0.717, 1.165) is 24.2 Å². The second-order valence-electron chi connectivity index (χ2n) is 6.03. The lowest BCUT2D eigenvalue weighted by Gasteiger charge is -2.26. The maximum absolute atomic E-state index is 12.2. The standard InChI is InChI=1S/C18H26N4O2/c1-4-18(19,5-2)13-20-17(23)15-10-21-22(12-15)11-14-6-8-16(24-3)9-7-14/h6-10,12H,4-5,11,13,19H2,1-3H3,(H,20,23). The Morgan fingerprint density at radius 3 is 2.54 bits per heavy atom. The summed E-state index contributed by atoms with van der Waals surface area (Å²) in [4.78, 5) is 12.2. The first-order valence-corrected chi connectivity index (χ1v) is 8.22. The van der Waals surface area contributed by atoms with Crippen LogP contribution in [0, 0.1) is 0 Å². The smallest absolute Gasteiger partial charge is 0.254 e. The lowest BCUT2D eigenvalue weighted by Crippen LogP contribution is -2.49. The van der Waals surface area contributed by atoms with Crippen LogP contribution in [0.4, 0.5) is 0 Å². The van der Waals surface area contributed by atoms with Crippen molar-refractivity contribution in [3.8, 4) is 5.75 Å². The maximum atomic E-state index is 12.2. The summed E-state index contributed by atoms with van der Waals surface area (Å²) in [6.07, 6.45) is 4.96. The second kappa shape index (κ2) is 7.97. The number of hydrogen-bond donors (Lipinski definition) is 2. The van der Waals surface area contributed by atoms with Crippen molar-refractivity contribution in [3.05, 3.63) is 47.8 Å². The molecule has 0 fully saturated rings. The number of ether oxygens (including phenoxy) is 1. The van der Waals surface area contributed by atoms with Crippen molar-refractivity contribution in [2.24, 2.45) is 5.73 Å². The molecule has 2 rings (SSSR count). The maximum Gasteiger partial charge on any atom is 0.254 e. The second-order valence-corrected chi connectivity index (χ2v) is 6.03. The highest BCUT2D eigenvalue weighted by Gasteiger charge is 2.21. The van der Waals surface area contributed by atoms with Crippen LogP contribution in [-0.2, 0) is 6.54 Å². The average Bonchev–Trinajstić information content (AvgIpc) is 3.08. The first kappa shape index (κ1) is 18.0. The molecule has 0 aliphatic carbocycles. The molecule has 6 heteroatoms. The third-order valence-electron chi connectivity index (χ3n) is 4.41. The topological polar surface area (TPSA) is 82.2 Å². The molecule has 6 nitrogen and oxygen atoms in total. The van der Waals surface area contributed by atoms with E-state index >= 15 is 0 Å². The zero-order chi connectivity index (χ0) is 17.6. The number of rotatable bonds is 8. The summed E-state index contributed by atoms with van der Waals surface area (Å²) in [5.41, 5.74) is 7.48. The zero-order valence-electron chi connectivity index (χ0n) is 14.6. The number of amides is 1. The Hall–Kier alpha value is -2.34. The molecule has 0 saturated carbocycles. The van der Waals surface area contributed by atoms with Gasteiger partial charge in [0.15, 0.2) is 0 Å². The molecule has 0 saturated heterocycles. The number of carbonyl (C=O) groups is 1. The van der Waals surface area contributed by atoms with Crippen molar-refractivity contribution in [1.29, 1.82) is 0 Å². The lowest BCUT2D eigenvalue weighted by molar-refractivity contribution is 0.0942. The monoisotopic (exact) mass is 330 g/mol. The van der Waals surface area contributed by atoms with E-state index in [2.05, 4.69) is 10.4 Å². The van der Waals surface area contributed by atoms with Gasteiger partial charge in [-0.2, -0.15) is 5.10 Å². The molecule has 0 spiro atoms. The van der Waals surface area contributed by atoms with E-state index < -0.39 is 0 Å². The normalized spacial score (nSPS) is 11.3. The molecule has 0 atom stereocenters. The number of hydrogen-bond acceptors (Lipinski definition) is 4. The van der Waals surface area contributed by atoms with Crippen LogP contribution < -0.4 is 15.8 Å². The van der Waals surface area contributed by atoms with Gasteiger partial charge in [0.25, 0.3) is 5.91 Å². The highest BCUT2D eigenvalue weighted by atomic mass is 16.5. The number of nitrogens with one attached hydrogen (secondary N) is 1. The Bertz CT molecular complexity index is 660. The minimum Gasteiger partial charge on any atom is -0.497 e. The molecule has 24 heavy (non-hydrogen) atoms. The molecule has 0 aliphatic heterocycles. The van der Waals surface area contributed by atoms with Gasteiger partial charge in [0.2, 0.25) is 0 Å². The van der Waals surface area contributed by atoms with Crippen LogP contribution >= 0.6 is 0 Å². The fraction of sp³-hybridized carbons (Fsp3) is 0.444. The summed E-state index contributed by atoms with van der Waals surface area (Å²) < 4.78 is 6.88. The van der Waals surface area contributed by atoms with Crippen molar-refractivity contribution in [2.75, 3.05) is 13.7 Å². The molecule has 1 amide bonds. The summed E-state index contributed by atoms with van der Waals surface area (Å²) >= 11 is 0. The van der Waals surface area contributed by atoms with Gasteiger partial charge in [-0.3, -0.25) is 9.48 Å². The van der Waals surface area contributed by atoms with Gasteiger partial charge < -0.3 is 15.8 Å². The molecule has 130 valence electrons. The number of carbonyl (C=O) groups excluding carboxylic acids is 1. The molecule has 1 aromatic carbocycles. The molecule has 1 aromatic heterocycles. The van der Waals surface area contributed by atoms with Crippen molar-refractivity contribution in [1.82, 2.24) is 15.1 Å². The third kappa shape index (κ3) is 4.58. The van der Waals surface area contributed by atoms with Gasteiger partial charge in [0, 0.05) is 18.3 Å². The number of nitrogens with two attached hydrogens (primary N) is 1. The lowest BCUT2D eigenvalue weighted by atomic mass is 9.94. The van der Waals surface area contributed by atoms with E-state index in [4.69, 9.17) is 10.5 Å². The summed E-state index contributed by atoms with van der Waals surface area (Å²) in [5, 5.41) is 7.15. The minimum absolute atomic E-state index is 0.146. The van der Waals surface area contributed by atoms with Gasteiger partial charge in [-0.05, 0) is 30.5 Å². The van der Waals surface area contributed by atoms with Gasteiger partial charge in [-0.15, -0.1) is 0 Å². The van der Waals surface area contributed by atoms with E-state index in [1.807, 2.05) is 38.1 Å². The first-order valence-electron chi connectivity index (χ1n) is 8.22. The Kier molecular flexibility index (Phi) is 5.98. The largest absolute Gasteiger partial charge is 0.497 e. The van der Waals surface area contributed by atoms with Crippen LogP contribution in [-0.4, -0.2) is 34.9 Å². The van der Waals surface area contributed by atoms with Crippen LogP contribution in [0.25, 0.3) is 0 Å². The Morgan fingerprint density at radius 1 is 1.29 bits per heavy atom. The first-order chi connectivity index (χ1) is 11.5. The molecule has 0 radical (unpaired) electrons. The average molecular weight is 330 g/mol. The summed E-state index contributed by atoms with van der Waals surface area (Å²) in [5.74, 6) is 0.670. The molecule has 2 aromatic rings. The van der Waals surface area contributed by atoms with Gasteiger partial charge in [-0.1, -0.05) is 26.0 Å². The Morgan fingerprint density at radius 2 is 1.96 bits per heavy atom. The van der Waals surface area contributed by atoms with Crippen molar-refractivity contribution < 1.29 is 9.53 Å². The number of methoxy groups -OCH3 is 1. The SMILES string of the molecule is CCC(N)(CC)CNC(=O)c1cnn(Cc2ccc(OC)cc2)c1. The Labute approximate surface area is 143 Å². The van der Waals surface area contributed by atoms with Crippen LogP contribution in [0.5, 0.6) is 5.75 Å². The van der Waals surface area contributed by atoms with Crippen LogP contribution in [0.1, 0.15) is 42.6 Å². The highest BCUT2D eigenvalue weighted by Crippen LogP contribution is 2.13. The number of aromatic nitrogens is 2. The molecular weight excluding hydrogens is 304 g/mol. The molecule has 1 heterocycles. The predicted molar refractivity (Wildman–Crippen MR) is 94.2 cm³/mol. The van der Waals surface area contributed by atoms with E-state index in [0.29, 0.717) is 18.7 Å². The van der Waals surface area contributed by atoms with E-state index in [1.54, 1.807) is 24.2 Å². The van der Waals surface area contributed by atoms with Gasteiger partial charge in [0.1, 0.15) is 5.75 Å². The molecular formula is C18H26N4O2. The fourth-order valence-electron chi connectivity index (χ4n) is 2.34. The van der Waals surface area contributed by atoms with Gasteiger partial charge >= 0.3 is 0 Å². The summed E-state index contributed by atoms with van der Waals surface area (Å²) in [7, 11) is 1.64. The minimum atomic E-state index is -0.352. The number of nitrogens with zero attached hydrogens (tertiary/aromatic N) is 2. The van der Waals surface area contributed by atoms with Crippen molar-refractivity contribution >= 4 is 5.91 Å². The van der Waals surface area contributed by atoms with Crippen LogP contribution in [0.3, 0.4) is 0 Å². The summed E-state index contributed by atoms with van der Waals surface area (Å²) in [6.45, 7) is 5.12. The van der Waals surface area contributed by atoms with Crippen LogP contribution in [0.15, 0.2) is 36.7 Å². The fourth-order valence-corrected chi connectivity index (χ4v) is 2.34. The van der Waals surface area contributed by atoms with Gasteiger partial charge in [-0.25, -0.2) is 0 Å². The molecule has 3 N–H and O–H groups in total. The van der Waals surface area contributed by atoms with Crippen molar-refractivity contribution in [2.45, 2.75) is 38.8 Å².